The Kier molecular flexibility index (Phi) is 2.92. The first-order valence-corrected chi connectivity index (χ1v) is 13.8. The fourth-order valence-corrected chi connectivity index (χ4v) is 10.2. The van der Waals surface area contributed by atoms with E-state index in [1.165, 1.54) is 11.3 Å². The van der Waals surface area contributed by atoms with Crippen molar-refractivity contribution in [3.63, 3.8) is 0 Å². The first-order valence-electron chi connectivity index (χ1n) is 10.2. The number of allylic oxidation sites excluding steroid dienone is 4. The molecule has 1 aliphatic heterocycles. The summed E-state index contributed by atoms with van der Waals surface area (Å²) in [5.74, 6) is 1.58. The lowest BCUT2D eigenvalue weighted by Crippen LogP contribution is -2.39. The van der Waals surface area contributed by atoms with E-state index in [1.807, 2.05) is 30.3 Å². The largest absolute Gasteiger partial charge is 0.274 e. The molecule has 4 aliphatic carbocycles. The van der Waals surface area contributed by atoms with Crippen molar-refractivity contribution >= 4 is 25.6 Å². The molecule has 6 atom stereocenters. The monoisotopic (exact) mass is 375 g/mol. The number of hydrogen-bond donors (Lipinski definition) is 0. The van der Waals surface area contributed by atoms with E-state index in [0.29, 0.717) is 29.2 Å². The maximum Gasteiger partial charge on any atom is 0.238 e. The van der Waals surface area contributed by atoms with E-state index < -0.39 is 8.07 Å². The molecule has 6 rings (SSSR count). The number of benzene rings is 1. The molecule has 0 spiro atoms. The predicted molar refractivity (Wildman–Crippen MR) is 108 cm³/mol. The van der Waals surface area contributed by atoms with Gasteiger partial charge in [0.2, 0.25) is 11.8 Å². The maximum absolute atomic E-state index is 13.5. The number of nitrogens with zero attached hydrogens (tertiary/aromatic N) is 1. The van der Waals surface area contributed by atoms with E-state index in [1.54, 1.807) is 11.1 Å². The maximum atomic E-state index is 13.5. The number of carbonyl (C=O) groups is 2. The Hall–Kier alpha value is -1.94. The normalized spacial score (nSPS) is 41.1. The van der Waals surface area contributed by atoms with Gasteiger partial charge in [0, 0.05) is 8.07 Å². The fourth-order valence-electron chi connectivity index (χ4n) is 7.29. The van der Waals surface area contributed by atoms with E-state index in [2.05, 4.69) is 31.8 Å². The molecule has 1 saturated carbocycles. The Morgan fingerprint density at radius 1 is 0.815 bits per heavy atom. The van der Waals surface area contributed by atoms with Crippen LogP contribution in [-0.2, 0) is 9.59 Å². The van der Waals surface area contributed by atoms with Gasteiger partial charge >= 0.3 is 0 Å². The van der Waals surface area contributed by atoms with Crippen LogP contribution >= 0.6 is 0 Å². The van der Waals surface area contributed by atoms with Crippen molar-refractivity contribution < 1.29 is 9.59 Å². The molecule has 2 amide bonds. The standard InChI is InChI=1S/C23H25NO2Si/c1-27(2,3)21-17-15-12-9-10-13(11-12)16(15)18(21)20-19(17)22(25)24(23(20)26)14-7-5-4-6-8-14/h4-10,12-13,17-21H,11H2,1-3H3/t12-,13-,17-,18-,19+,20+/m0/s1. The van der Waals surface area contributed by atoms with Crippen molar-refractivity contribution in [2.24, 2.45) is 35.5 Å². The average molecular weight is 376 g/mol. The summed E-state index contributed by atoms with van der Waals surface area (Å²) in [5, 5.41) is 0. The van der Waals surface area contributed by atoms with Crippen LogP contribution in [0.25, 0.3) is 0 Å². The van der Waals surface area contributed by atoms with Gasteiger partial charge in [0.05, 0.1) is 17.5 Å². The Morgan fingerprint density at radius 3 is 1.81 bits per heavy atom. The molecule has 4 bridgehead atoms. The van der Waals surface area contributed by atoms with Gasteiger partial charge in [0.1, 0.15) is 0 Å². The van der Waals surface area contributed by atoms with Crippen LogP contribution in [0.15, 0.2) is 53.6 Å². The third kappa shape index (κ3) is 1.78. The third-order valence-corrected chi connectivity index (χ3v) is 10.6. The molecule has 0 radical (unpaired) electrons. The number of hydrogen-bond acceptors (Lipinski definition) is 2. The molecule has 1 heterocycles. The van der Waals surface area contributed by atoms with E-state index in [9.17, 15) is 9.59 Å². The van der Waals surface area contributed by atoms with Crippen LogP contribution in [0, 0.1) is 35.5 Å². The molecule has 1 saturated heterocycles. The summed E-state index contributed by atoms with van der Waals surface area (Å²) >= 11 is 0. The summed E-state index contributed by atoms with van der Waals surface area (Å²) in [6, 6.07) is 9.53. The van der Waals surface area contributed by atoms with Gasteiger partial charge in [-0.05, 0) is 47.8 Å². The highest BCUT2D eigenvalue weighted by Crippen LogP contribution is 2.73. The van der Waals surface area contributed by atoms with Crippen LogP contribution in [-0.4, -0.2) is 19.9 Å². The van der Waals surface area contributed by atoms with Crippen LogP contribution in [0.1, 0.15) is 6.42 Å². The van der Waals surface area contributed by atoms with Crippen molar-refractivity contribution in [2.75, 3.05) is 4.90 Å². The highest BCUT2D eigenvalue weighted by Gasteiger charge is 2.72. The van der Waals surface area contributed by atoms with Gasteiger partial charge in [0.15, 0.2) is 0 Å². The van der Waals surface area contributed by atoms with Gasteiger partial charge in [-0.2, -0.15) is 0 Å². The molecule has 4 heteroatoms. The van der Waals surface area contributed by atoms with Crippen LogP contribution in [0.3, 0.4) is 0 Å². The SMILES string of the molecule is C[Si](C)(C)C1[C@H]2C3=C([C@H]1[C@H]1C(=O)N(c4ccccc4)C(=O)[C@@H]12)[C@H]1C=C[C@H]3C1. The van der Waals surface area contributed by atoms with Gasteiger partial charge in [-0.15, -0.1) is 0 Å². The molecule has 5 aliphatic rings. The van der Waals surface area contributed by atoms with Gasteiger partial charge in [-0.3, -0.25) is 14.5 Å². The zero-order chi connectivity index (χ0) is 18.7. The molecule has 0 N–H and O–H groups in total. The summed E-state index contributed by atoms with van der Waals surface area (Å²) in [4.78, 5) is 28.6. The van der Waals surface area contributed by atoms with Crippen LogP contribution < -0.4 is 4.90 Å². The number of fused-ring (bicyclic) bond motifs is 11. The topological polar surface area (TPSA) is 37.4 Å². The second-order valence-electron chi connectivity index (χ2n) is 10.1. The van der Waals surface area contributed by atoms with E-state index in [-0.39, 0.29) is 23.7 Å². The molecule has 1 aromatic rings. The summed E-state index contributed by atoms with van der Waals surface area (Å²) in [7, 11) is -1.50. The van der Waals surface area contributed by atoms with Crippen molar-refractivity contribution in [3.8, 4) is 0 Å². The number of anilines is 1. The summed E-state index contributed by atoms with van der Waals surface area (Å²) < 4.78 is 0. The lowest BCUT2D eigenvalue weighted by Gasteiger charge is -2.34. The van der Waals surface area contributed by atoms with E-state index in [4.69, 9.17) is 0 Å². The van der Waals surface area contributed by atoms with Crippen molar-refractivity contribution in [1.82, 2.24) is 0 Å². The summed E-state index contributed by atoms with van der Waals surface area (Å²) in [5.41, 5.74) is 4.45. The van der Waals surface area contributed by atoms with Crippen molar-refractivity contribution in [2.45, 2.75) is 31.6 Å². The van der Waals surface area contributed by atoms with Crippen molar-refractivity contribution in [1.29, 1.82) is 0 Å². The first-order chi connectivity index (χ1) is 12.9. The van der Waals surface area contributed by atoms with Crippen molar-refractivity contribution in [3.05, 3.63) is 53.6 Å². The lowest BCUT2D eigenvalue weighted by atomic mass is 9.74. The Morgan fingerprint density at radius 2 is 1.33 bits per heavy atom. The van der Waals surface area contributed by atoms with E-state index in [0.717, 1.165) is 5.69 Å². The molecule has 1 aromatic carbocycles. The molecule has 138 valence electrons. The molecule has 27 heavy (non-hydrogen) atoms. The predicted octanol–water partition coefficient (Wildman–Crippen LogP) is 4.26. The molecular weight excluding hydrogens is 350 g/mol. The average Bonchev–Trinajstić information content (AvgIpc) is 3.39. The molecular formula is C23H25NO2Si. The minimum atomic E-state index is -1.50. The number of para-hydroxylation sites is 1. The number of rotatable bonds is 2. The zero-order valence-electron chi connectivity index (χ0n) is 16.1. The minimum absolute atomic E-state index is 0.0604. The number of carbonyl (C=O) groups excluding carboxylic acids is 2. The van der Waals surface area contributed by atoms with Gasteiger partial charge in [0.25, 0.3) is 0 Å². The quantitative estimate of drug-likeness (QED) is 0.335. The van der Waals surface area contributed by atoms with E-state index >= 15 is 0 Å². The summed E-state index contributed by atoms with van der Waals surface area (Å²) in [6.45, 7) is 7.29. The second kappa shape index (κ2) is 4.91. The Labute approximate surface area is 161 Å². The first kappa shape index (κ1) is 16.1. The Balaban J connectivity index is 1.49. The number of imide groups is 1. The molecule has 2 fully saturated rings. The van der Waals surface area contributed by atoms with Gasteiger partial charge in [-0.25, -0.2) is 0 Å². The van der Waals surface area contributed by atoms with Crippen LogP contribution in [0.5, 0.6) is 0 Å². The molecule has 3 nitrogen and oxygen atoms in total. The highest BCUT2D eigenvalue weighted by atomic mass is 28.3. The van der Waals surface area contributed by atoms with Crippen LogP contribution in [0.4, 0.5) is 5.69 Å². The fraction of sp³-hybridized carbons (Fsp3) is 0.478. The molecule has 0 aromatic heterocycles. The number of amides is 2. The second-order valence-corrected chi connectivity index (χ2v) is 15.5. The highest BCUT2D eigenvalue weighted by molar-refractivity contribution is 6.78. The van der Waals surface area contributed by atoms with Crippen LogP contribution in [0.2, 0.25) is 25.2 Å². The molecule has 0 unspecified atom stereocenters. The minimum Gasteiger partial charge on any atom is -0.274 e. The Bertz CT molecular complexity index is 893. The summed E-state index contributed by atoms with van der Waals surface area (Å²) in [6.07, 6.45) is 5.94. The zero-order valence-corrected chi connectivity index (χ0v) is 17.1. The van der Waals surface area contributed by atoms with Gasteiger partial charge in [-0.1, -0.05) is 61.1 Å². The van der Waals surface area contributed by atoms with Gasteiger partial charge < -0.3 is 0 Å². The smallest absolute Gasteiger partial charge is 0.238 e. The third-order valence-electron chi connectivity index (χ3n) is 7.89. The lowest BCUT2D eigenvalue weighted by molar-refractivity contribution is -0.123.